The molecule has 0 atom stereocenters. The fourth-order valence-corrected chi connectivity index (χ4v) is 6.13. The summed E-state index contributed by atoms with van der Waals surface area (Å²) in [6.07, 6.45) is 1.81. The van der Waals surface area contributed by atoms with Gasteiger partial charge < -0.3 is 9.52 Å². The maximum absolute atomic E-state index is 11.4. The zero-order valence-corrected chi connectivity index (χ0v) is 27.8. The zero-order valence-electron chi connectivity index (χ0n) is 25.6. The number of rotatable bonds is 4. The molecule has 5 aromatic carbocycles. The van der Waals surface area contributed by atoms with E-state index >= 15 is 0 Å². The third-order valence-electron chi connectivity index (χ3n) is 8.41. The van der Waals surface area contributed by atoms with Crippen molar-refractivity contribution in [2.24, 2.45) is 0 Å². The fraction of sp³-hybridized carbons (Fsp3) is 0.100. The first-order chi connectivity index (χ1) is 21.9. The van der Waals surface area contributed by atoms with E-state index in [2.05, 4.69) is 78.9 Å². The number of imidazole rings is 1. The number of phenols is 1. The number of pyridine rings is 1. The quantitative estimate of drug-likeness (QED) is 0.181. The van der Waals surface area contributed by atoms with Gasteiger partial charge in [0.05, 0.1) is 11.0 Å². The second-order valence-corrected chi connectivity index (χ2v) is 12.4. The summed E-state index contributed by atoms with van der Waals surface area (Å²) in [7, 11) is 0. The Balaban J connectivity index is 0.00000338. The number of nitrogens with zero attached hydrogens (tertiary/aromatic N) is 3. The number of furan rings is 1. The predicted molar refractivity (Wildman–Crippen MR) is 182 cm³/mol. The molecule has 0 saturated heterocycles. The van der Waals surface area contributed by atoms with Crippen LogP contribution >= 0.6 is 0 Å². The molecule has 6 heteroatoms. The Hall–Kier alpha value is -4.99. The molecule has 0 radical (unpaired) electrons. The smallest absolute Gasteiger partial charge is 0.152 e. The van der Waals surface area contributed by atoms with Crippen molar-refractivity contribution in [3.63, 3.8) is 0 Å². The Morgan fingerprint density at radius 1 is 0.761 bits per heavy atom. The van der Waals surface area contributed by atoms with Gasteiger partial charge in [-0.3, -0.25) is 9.55 Å². The summed E-state index contributed by atoms with van der Waals surface area (Å²) in [6.45, 7) is 6.65. The van der Waals surface area contributed by atoms with E-state index in [1.54, 1.807) is 6.07 Å². The van der Waals surface area contributed by atoms with Crippen LogP contribution in [0.2, 0.25) is 0 Å². The monoisotopic (exact) mass is 779 g/mol. The van der Waals surface area contributed by atoms with E-state index in [1.807, 2.05) is 72.9 Å². The third kappa shape index (κ3) is 4.92. The van der Waals surface area contributed by atoms with Gasteiger partial charge >= 0.3 is 0 Å². The molecule has 5 nitrogen and oxygen atoms in total. The second kappa shape index (κ2) is 11.4. The van der Waals surface area contributed by atoms with Crippen LogP contribution in [0.25, 0.3) is 72.4 Å². The molecular formula is C40H30N3O2Pt-. The molecule has 0 amide bonds. The van der Waals surface area contributed by atoms with Gasteiger partial charge in [-0.1, -0.05) is 92.6 Å². The van der Waals surface area contributed by atoms with Gasteiger partial charge in [0.1, 0.15) is 22.5 Å². The van der Waals surface area contributed by atoms with Crippen molar-refractivity contribution in [1.82, 2.24) is 14.5 Å². The molecular weight excluding hydrogens is 750 g/mol. The second-order valence-electron chi connectivity index (χ2n) is 12.4. The molecule has 3 aromatic heterocycles. The minimum atomic E-state index is -0.0986. The summed E-state index contributed by atoms with van der Waals surface area (Å²) in [5.74, 6) is 0.706. The number of hydrogen-bond donors (Lipinski definition) is 1. The molecule has 0 unspecified atom stereocenters. The first kappa shape index (κ1) is 29.7. The van der Waals surface area contributed by atoms with E-state index in [0.717, 1.165) is 55.5 Å². The van der Waals surface area contributed by atoms with Gasteiger partial charge in [0.25, 0.3) is 0 Å². The van der Waals surface area contributed by atoms with Crippen molar-refractivity contribution in [2.75, 3.05) is 0 Å². The van der Waals surface area contributed by atoms with Gasteiger partial charge in [-0.2, -0.15) is 0 Å². The Kier molecular flexibility index (Phi) is 7.38. The minimum Gasteiger partial charge on any atom is -0.507 e. The largest absolute Gasteiger partial charge is 0.507 e. The van der Waals surface area contributed by atoms with Crippen LogP contribution < -0.4 is 0 Å². The predicted octanol–water partition coefficient (Wildman–Crippen LogP) is 10.1. The number of aromatic nitrogens is 3. The van der Waals surface area contributed by atoms with Gasteiger partial charge in [0.15, 0.2) is 5.82 Å². The Bertz CT molecular complexity index is 2370. The number of fused-ring (bicyclic) bond motifs is 4. The van der Waals surface area contributed by atoms with E-state index < -0.39 is 0 Å². The van der Waals surface area contributed by atoms with Gasteiger partial charge in [-0.25, -0.2) is 4.98 Å². The van der Waals surface area contributed by atoms with Crippen LogP contribution in [0, 0.1) is 6.07 Å². The van der Waals surface area contributed by atoms with Crippen LogP contribution in [-0.2, 0) is 26.5 Å². The molecule has 0 saturated carbocycles. The molecule has 8 aromatic rings. The van der Waals surface area contributed by atoms with E-state index in [0.29, 0.717) is 17.0 Å². The molecule has 46 heavy (non-hydrogen) atoms. The molecule has 3 heterocycles. The maximum atomic E-state index is 11.4. The SMILES string of the molecule is CC(C)(C)c1cc(-c2ccccn2)[c-]c(-c2cccc3c2nc(-c2c(O)ccc4c2oc2ccccc24)n3-c2ccccc2)c1.[Pt]. The molecule has 0 spiro atoms. The van der Waals surface area contributed by atoms with Crippen LogP contribution in [0.15, 0.2) is 126 Å². The topological polar surface area (TPSA) is 64.1 Å². The minimum absolute atomic E-state index is 0. The Morgan fingerprint density at radius 3 is 2.30 bits per heavy atom. The van der Waals surface area contributed by atoms with Crippen LogP contribution in [0.4, 0.5) is 0 Å². The van der Waals surface area contributed by atoms with Gasteiger partial charge in [-0.15, -0.1) is 29.3 Å². The van der Waals surface area contributed by atoms with E-state index in [-0.39, 0.29) is 32.2 Å². The first-order valence-corrected chi connectivity index (χ1v) is 15.1. The Morgan fingerprint density at radius 2 is 1.52 bits per heavy atom. The third-order valence-corrected chi connectivity index (χ3v) is 8.41. The summed E-state index contributed by atoms with van der Waals surface area (Å²) < 4.78 is 8.52. The van der Waals surface area contributed by atoms with Crippen LogP contribution in [0.3, 0.4) is 0 Å². The average molecular weight is 780 g/mol. The molecule has 228 valence electrons. The summed E-state index contributed by atoms with van der Waals surface area (Å²) in [5, 5.41) is 13.4. The summed E-state index contributed by atoms with van der Waals surface area (Å²) >= 11 is 0. The van der Waals surface area contributed by atoms with Crippen molar-refractivity contribution < 1.29 is 30.6 Å². The standard InChI is InChI=1S/C40H30N3O2.Pt/c1-40(2,3)27-23-25(22-26(24-27)32-16-9-10-21-41-32)29-15-11-17-33-37(29)42-39(43(33)28-12-5-4-6-13-28)36-34(44)20-19-31-30-14-7-8-18-35(30)45-38(31)36;/h4-21,23-24,44H,1-3H3;/q-1;. The van der Waals surface area contributed by atoms with E-state index in [1.165, 1.54) is 5.56 Å². The molecule has 0 aliphatic carbocycles. The molecule has 0 aliphatic heterocycles. The van der Waals surface area contributed by atoms with Gasteiger partial charge in [0, 0.05) is 49.4 Å². The van der Waals surface area contributed by atoms with Crippen molar-refractivity contribution >= 4 is 33.0 Å². The van der Waals surface area contributed by atoms with Crippen LogP contribution in [0.1, 0.15) is 26.3 Å². The number of hydrogen-bond acceptors (Lipinski definition) is 4. The van der Waals surface area contributed by atoms with Crippen LogP contribution in [-0.4, -0.2) is 19.6 Å². The fourth-order valence-electron chi connectivity index (χ4n) is 6.13. The van der Waals surface area contributed by atoms with Crippen molar-refractivity contribution in [3.8, 4) is 45.2 Å². The molecule has 1 N–H and O–H groups in total. The Labute approximate surface area is 281 Å². The first-order valence-electron chi connectivity index (χ1n) is 15.1. The number of aromatic hydroxyl groups is 1. The number of para-hydroxylation sites is 3. The van der Waals surface area contributed by atoms with E-state index in [9.17, 15) is 5.11 Å². The summed E-state index contributed by atoms with van der Waals surface area (Å²) in [5.41, 5.74) is 9.33. The van der Waals surface area contributed by atoms with Crippen LogP contribution in [0.5, 0.6) is 5.75 Å². The summed E-state index contributed by atoms with van der Waals surface area (Å²) in [6, 6.07) is 41.9. The molecule has 8 rings (SSSR count). The average Bonchev–Trinajstić information content (AvgIpc) is 3.63. The maximum Gasteiger partial charge on any atom is 0.152 e. The number of phenolic OH excluding ortho intramolecular Hbond substituents is 1. The van der Waals surface area contributed by atoms with Gasteiger partial charge in [-0.05, 0) is 47.9 Å². The zero-order chi connectivity index (χ0) is 30.7. The van der Waals surface area contributed by atoms with Crippen molar-refractivity contribution in [2.45, 2.75) is 26.2 Å². The van der Waals surface area contributed by atoms with Crippen molar-refractivity contribution in [1.29, 1.82) is 0 Å². The normalized spacial score (nSPS) is 11.7. The summed E-state index contributed by atoms with van der Waals surface area (Å²) in [4.78, 5) is 9.95. The van der Waals surface area contributed by atoms with E-state index in [4.69, 9.17) is 9.40 Å². The molecule has 0 bridgehead atoms. The van der Waals surface area contributed by atoms with Gasteiger partial charge in [0.2, 0.25) is 0 Å². The van der Waals surface area contributed by atoms with Crippen molar-refractivity contribution in [3.05, 3.63) is 133 Å². The molecule has 0 fully saturated rings. The number of benzene rings is 5. The molecule has 0 aliphatic rings.